The molecule has 2 heteroatoms. The van der Waals surface area contributed by atoms with Crippen molar-refractivity contribution in [3.8, 4) is 11.1 Å². The van der Waals surface area contributed by atoms with Gasteiger partial charge in [-0.25, -0.2) is 0 Å². The number of amides is 1. The predicted octanol–water partition coefficient (Wildman–Crippen LogP) is 3.62. The molecule has 0 aliphatic carbocycles. The van der Waals surface area contributed by atoms with Crippen LogP contribution in [0.25, 0.3) is 11.1 Å². The molecule has 0 aliphatic heterocycles. The van der Waals surface area contributed by atoms with Crippen molar-refractivity contribution >= 4 is 11.6 Å². The number of hydrogen-bond donors (Lipinski definition) is 1. The molecule has 0 saturated carbocycles. The Morgan fingerprint density at radius 3 is 2.29 bits per heavy atom. The molecule has 1 amide bonds. The van der Waals surface area contributed by atoms with E-state index in [0.717, 1.165) is 16.8 Å². The standard InChI is InChI=1S/C15H15NO/c1-11-5-3-6-13(9-11)14-7-4-8-15(10-14)16-12(2)17/h3-10H,1-2H3,(H,16,17). The topological polar surface area (TPSA) is 29.1 Å². The Bertz CT molecular complexity index is 546. The predicted molar refractivity (Wildman–Crippen MR) is 70.9 cm³/mol. The Kier molecular flexibility index (Phi) is 3.24. The molecule has 1 N–H and O–H groups in total. The molecule has 0 heterocycles. The van der Waals surface area contributed by atoms with Crippen molar-refractivity contribution in [2.75, 3.05) is 5.32 Å². The van der Waals surface area contributed by atoms with Gasteiger partial charge in [0.15, 0.2) is 0 Å². The van der Waals surface area contributed by atoms with Crippen molar-refractivity contribution in [1.29, 1.82) is 0 Å². The van der Waals surface area contributed by atoms with E-state index < -0.39 is 0 Å². The minimum absolute atomic E-state index is 0.0496. The molecular formula is C15H15NO. The van der Waals surface area contributed by atoms with E-state index in [9.17, 15) is 4.79 Å². The molecule has 0 fully saturated rings. The van der Waals surface area contributed by atoms with Crippen LogP contribution in [0.4, 0.5) is 5.69 Å². The summed E-state index contributed by atoms with van der Waals surface area (Å²) in [6, 6.07) is 16.2. The molecule has 2 nitrogen and oxygen atoms in total. The number of nitrogens with one attached hydrogen (secondary N) is 1. The number of aryl methyl sites for hydroxylation is 1. The summed E-state index contributed by atoms with van der Waals surface area (Å²) < 4.78 is 0. The molecule has 0 spiro atoms. The Morgan fingerprint density at radius 1 is 1.00 bits per heavy atom. The van der Waals surface area contributed by atoms with Gasteiger partial charge in [0, 0.05) is 12.6 Å². The monoisotopic (exact) mass is 225 g/mol. The summed E-state index contributed by atoms with van der Waals surface area (Å²) in [5, 5.41) is 2.79. The van der Waals surface area contributed by atoms with E-state index in [1.165, 1.54) is 12.5 Å². The zero-order chi connectivity index (χ0) is 12.3. The van der Waals surface area contributed by atoms with Crippen molar-refractivity contribution in [2.45, 2.75) is 13.8 Å². The van der Waals surface area contributed by atoms with E-state index >= 15 is 0 Å². The summed E-state index contributed by atoms with van der Waals surface area (Å²) in [5.41, 5.74) is 4.33. The van der Waals surface area contributed by atoms with E-state index in [0.29, 0.717) is 0 Å². The molecule has 0 bridgehead atoms. The summed E-state index contributed by atoms with van der Waals surface area (Å²) in [7, 11) is 0. The third kappa shape index (κ3) is 2.94. The Morgan fingerprint density at radius 2 is 1.65 bits per heavy atom. The normalized spacial score (nSPS) is 10.0. The summed E-state index contributed by atoms with van der Waals surface area (Å²) in [5.74, 6) is -0.0496. The Labute approximate surface area is 101 Å². The molecule has 0 unspecified atom stereocenters. The highest BCUT2D eigenvalue weighted by atomic mass is 16.1. The average molecular weight is 225 g/mol. The van der Waals surface area contributed by atoms with Gasteiger partial charge < -0.3 is 5.32 Å². The fraction of sp³-hybridized carbons (Fsp3) is 0.133. The lowest BCUT2D eigenvalue weighted by Crippen LogP contribution is -2.05. The third-order valence-corrected chi connectivity index (χ3v) is 2.53. The van der Waals surface area contributed by atoms with Crippen molar-refractivity contribution < 1.29 is 4.79 Å². The van der Waals surface area contributed by atoms with E-state index in [4.69, 9.17) is 0 Å². The number of anilines is 1. The molecule has 0 atom stereocenters. The molecule has 0 radical (unpaired) electrons. The maximum absolute atomic E-state index is 11.0. The van der Waals surface area contributed by atoms with Gasteiger partial charge >= 0.3 is 0 Å². The van der Waals surface area contributed by atoms with Gasteiger partial charge in [0.05, 0.1) is 0 Å². The maximum Gasteiger partial charge on any atom is 0.221 e. The van der Waals surface area contributed by atoms with Gasteiger partial charge in [0.1, 0.15) is 0 Å². The minimum atomic E-state index is -0.0496. The molecular weight excluding hydrogens is 210 g/mol. The first kappa shape index (κ1) is 11.4. The molecule has 0 saturated heterocycles. The van der Waals surface area contributed by atoms with Gasteiger partial charge in [-0.3, -0.25) is 4.79 Å². The fourth-order valence-corrected chi connectivity index (χ4v) is 1.80. The minimum Gasteiger partial charge on any atom is -0.326 e. The molecule has 2 aromatic rings. The highest BCUT2D eigenvalue weighted by Crippen LogP contribution is 2.23. The number of benzene rings is 2. The van der Waals surface area contributed by atoms with Crippen LogP contribution in [-0.4, -0.2) is 5.91 Å². The quantitative estimate of drug-likeness (QED) is 0.831. The summed E-state index contributed by atoms with van der Waals surface area (Å²) in [6.07, 6.45) is 0. The van der Waals surface area contributed by atoms with Crippen LogP contribution in [0, 0.1) is 6.92 Å². The van der Waals surface area contributed by atoms with Gasteiger partial charge in [-0.2, -0.15) is 0 Å². The van der Waals surface area contributed by atoms with Crippen molar-refractivity contribution in [3.63, 3.8) is 0 Å². The first-order valence-corrected chi connectivity index (χ1v) is 5.60. The molecule has 2 rings (SSSR count). The average Bonchev–Trinajstić information content (AvgIpc) is 2.28. The zero-order valence-corrected chi connectivity index (χ0v) is 10.0. The van der Waals surface area contributed by atoms with Crippen molar-refractivity contribution in [3.05, 3.63) is 54.1 Å². The fourth-order valence-electron chi connectivity index (χ4n) is 1.80. The zero-order valence-electron chi connectivity index (χ0n) is 10.0. The molecule has 0 aliphatic rings. The van der Waals surface area contributed by atoms with Crippen LogP contribution in [-0.2, 0) is 4.79 Å². The Hall–Kier alpha value is -2.09. The lowest BCUT2D eigenvalue weighted by Gasteiger charge is -2.06. The lowest BCUT2D eigenvalue weighted by atomic mass is 10.0. The smallest absolute Gasteiger partial charge is 0.221 e. The first-order chi connectivity index (χ1) is 8.15. The van der Waals surface area contributed by atoms with Crippen LogP contribution in [0.5, 0.6) is 0 Å². The molecule has 0 aromatic heterocycles. The summed E-state index contributed by atoms with van der Waals surface area (Å²) in [4.78, 5) is 11.0. The molecule has 17 heavy (non-hydrogen) atoms. The van der Waals surface area contributed by atoms with E-state index in [1.807, 2.05) is 30.3 Å². The number of carbonyl (C=O) groups excluding carboxylic acids is 1. The highest BCUT2D eigenvalue weighted by molar-refractivity contribution is 5.89. The van der Waals surface area contributed by atoms with E-state index in [2.05, 4.69) is 30.4 Å². The second-order valence-electron chi connectivity index (χ2n) is 4.13. The van der Waals surface area contributed by atoms with Gasteiger partial charge in [-0.1, -0.05) is 42.0 Å². The number of hydrogen-bond acceptors (Lipinski definition) is 1. The van der Waals surface area contributed by atoms with Crippen LogP contribution in [0.1, 0.15) is 12.5 Å². The lowest BCUT2D eigenvalue weighted by molar-refractivity contribution is -0.114. The van der Waals surface area contributed by atoms with Crippen molar-refractivity contribution in [2.24, 2.45) is 0 Å². The van der Waals surface area contributed by atoms with E-state index in [1.54, 1.807) is 0 Å². The van der Waals surface area contributed by atoms with Crippen LogP contribution in [0.15, 0.2) is 48.5 Å². The van der Waals surface area contributed by atoms with Gasteiger partial charge in [-0.15, -0.1) is 0 Å². The third-order valence-electron chi connectivity index (χ3n) is 2.53. The van der Waals surface area contributed by atoms with Crippen LogP contribution in [0.3, 0.4) is 0 Å². The van der Waals surface area contributed by atoms with E-state index in [-0.39, 0.29) is 5.91 Å². The number of carbonyl (C=O) groups is 1. The highest BCUT2D eigenvalue weighted by Gasteiger charge is 2.00. The first-order valence-electron chi connectivity index (χ1n) is 5.60. The Balaban J connectivity index is 2.36. The van der Waals surface area contributed by atoms with Crippen LogP contribution < -0.4 is 5.32 Å². The summed E-state index contributed by atoms with van der Waals surface area (Å²) >= 11 is 0. The second-order valence-corrected chi connectivity index (χ2v) is 4.13. The van der Waals surface area contributed by atoms with Crippen LogP contribution >= 0.6 is 0 Å². The van der Waals surface area contributed by atoms with Crippen molar-refractivity contribution in [1.82, 2.24) is 0 Å². The second kappa shape index (κ2) is 4.83. The molecule has 2 aromatic carbocycles. The van der Waals surface area contributed by atoms with Crippen LogP contribution in [0.2, 0.25) is 0 Å². The maximum atomic E-state index is 11.0. The van der Waals surface area contributed by atoms with Gasteiger partial charge in [0.2, 0.25) is 5.91 Å². The molecule has 86 valence electrons. The van der Waals surface area contributed by atoms with Gasteiger partial charge in [0.25, 0.3) is 0 Å². The number of rotatable bonds is 2. The SMILES string of the molecule is CC(=O)Nc1cccc(-c2cccc(C)c2)c1. The summed E-state index contributed by atoms with van der Waals surface area (Å²) in [6.45, 7) is 3.58. The van der Waals surface area contributed by atoms with Gasteiger partial charge in [-0.05, 0) is 30.2 Å². The largest absolute Gasteiger partial charge is 0.326 e.